The molecule has 48 heavy (non-hydrogen) atoms. The van der Waals surface area contributed by atoms with Crippen molar-refractivity contribution in [1.82, 2.24) is 9.64 Å². The quantitative estimate of drug-likeness (QED) is 0.133. The molecule has 0 aromatic heterocycles. The predicted octanol–water partition coefficient (Wildman–Crippen LogP) is 6.66. The molecule has 11 heteroatoms. The Labute approximate surface area is 280 Å². The molecule has 6 rings (SSSR count). The molecule has 1 fully saturated rings. The summed E-state index contributed by atoms with van der Waals surface area (Å²) in [6, 6.07) is 24.7. The molecule has 1 unspecified atom stereocenters. The number of fused-ring (bicyclic) bond motifs is 2. The Morgan fingerprint density at radius 1 is 0.958 bits per heavy atom. The lowest BCUT2D eigenvalue weighted by Crippen LogP contribution is -2.38. The number of amides is 2. The predicted molar refractivity (Wildman–Crippen MR) is 188 cm³/mol. The summed E-state index contributed by atoms with van der Waals surface area (Å²) in [5.41, 5.74) is 7.91. The van der Waals surface area contributed by atoms with Crippen molar-refractivity contribution in [2.75, 3.05) is 41.8 Å². The first-order valence-electron chi connectivity index (χ1n) is 16.4. The van der Waals surface area contributed by atoms with Gasteiger partial charge in [0.2, 0.25) is 17.1 Å². The van der Waals surface area contributed by atoms with Crippen LogP contribution < -0.4 is 19.7 Å². The molecular formula is C37H40N7O4+. The van der Waals surface area contributed by atoms with Crippen LogP contribution in [0.25, 0.3) is 0 Å². The van der Waals surface area contributed by atoms with Gasteiger partial charge < -0.3 is 20.0 Å². The standard InChI is InChI=1S/C37H40N7O4/c1-4-42(5-2)30-18-20-32-34(25-30)43(29-10-7-6-8-11-29)33-24-27(15-19-31(33)38-32)40-39-26-13-16-28(17-14-26)41(3)23-9-12-37(47)48-44-35(45)21-22-36(44)46/h6-8,10-11,13-20,24-25,31,38H,4-5,9,12,21-23H2,1-3H3/q+1. The summed E-state index contributed by atoms with van der Waals surface area (Å²) < 4.78 is 2.30. The first-order valence-corrected chi connectivity index (χ1v) is 16.4. The summed E-state index contributed by atoms with van der Waals surface area (Å²) in [5.74, 6) is -1.54. The number of hydroxylamine groups is 2. The van der Waals surface area contributed by atoms with Crippen molar-refractivity contribution in [3.8, 4) is 0 Å². The number of hydrogen-bond acceptors (Lipinski definition) is 9. The lowest BCUT2D eigenvalue weighted by molar-refractivity contribution is -0.197. The maximum atomic E-state index is 12.1. The Kier molecular flexibility index (Phi) is 9.75. The Morgan fingerprint density at radius 2 is 1.67 bits per heavy atom. The SMILES string of the molecule is CCN(CC)c1ccc2c(c1)[N+](c1ccccc1)=C1C=C(N=Nc3ccc(N(C)CCCC(=O)ON4C(=O)CCC4=O)cc3)C=CC1N2. The Morgan fingerprint density at radius 3 is 2.38 bits per heavy atom. The minimum Gasteiger partial charge on any atom is -0.375 e. The van der Waals surface area contributed by atoms with Gasteiger partial charge in [-0.2, -0.15) is 14.8 Å². The Balaban J connectivity index is 1.15. The zero-order valence-electron chi connectivity index (χ0n) is 27.5. The summed E-state index contributed by atoms with van der Waals surface area (Å²) in [5, 5.41) is 13.4. The third-order valence-electron chi connectivity index (χ3n) is 8.65. The largest absolute Gasteiger partial charge is 0.375 e. The molecule has 2 heterocycles. The van der Waals surface area contributed by atoms with Gasteiger partial charge in [-0.1, -0.05) is 18.2 Å². The Bertz CT molecular complexity index is 1790. The van der Waals surface area contributed by atoms with Gasteiger partial charge in [0.25, 0.3) is 11.8 Å². The number of hydrogen-bond donors (Lipinski definition) is 1. The second-order valence-electron chi connectivity index (χ2n) is 11.8. The van der Waals surface area contributed by atoms with Crippen LogP contribution in [0.2, 0.25) is 0 Å². The summed E-state index contributed by atoms with van der Waals surface area (Å²) >= 11 is 0. The van der Waals surface area contributed by atoms with Crippen molar-refractivity contribution in [3.05, 3.63) is 96.7 Å². The van der Waals surface area contributed by atoms with Gasteiger partial charge in [0, 0.05) is 81.6 Å². The molecule has 0 radical (unpaired) electrons. The van der Waals surface area contributed by atoms with Gasteiger partial charge in [0.1, 0.15) is 11.7 Å². The van der Waals surface area contributed by atoms with Gasteiger partial charge in [-0.25, -0.2) is 4.79 Å². The van der Waals surface area contributed by atoms with E-state index in [0.29, 0.717) is 23.7 Å². The first-order chi connectivity index (χ1) is 23.3. The van der Waals surface area contributed by atoms with Gasteiger partial charge in [0.15, 0.2) is 0 Å². The fourth-order valence-electron chi connectivity index (χ4n) is 6.04. The van der Waals surface area contributed by atoms with E-state index in [4.69, 9.17) is 4.84 Å². The first kappa shape index (κ1) is 32.4. The molecular weight excluding hydrogens is 606 g/mol. The fourth-order valence-corrected chi connectivity index (χ4v) is 6.04. The van der Waals surface area contributed by atoms with E-state index in [2.05, 4.69) is 93.5 Å². The van der Waals surface area contributed by atoms with E-state index >= 15 is 0 Å². The van der Waals surface area contributed by atoms with Crippen molar-refractivity contribution in [2.45, 2.75) is 45.6 Å². The topological polar surface area (TPSA) is 110 Å². The zero-order valence-corrected chi connectivity index (χ0v) is 27.5. The molecule has 1 N–H and O–H groups in total. The number of carbonyl (C=O) groups is 3. The average molecular weight is 647 g/mol. The summed E-state index contributed by atoms with van der Waals surface area (Å²) in [6.45, 7) is 6.79. The molecule has 3 aromatic rings. The maximum Gasteiger partial charge on any atom is 0.333 e. The molecule has 2 amide bonds. The number of para-hydroxylation sites is 1. The number of rotatable bonds is 12. The van der Waals surface area contributed by atoms with Gasteiger partial charge >= 0.3 is 5.97 Å². The van der Waals surface area contributed by atoms with E-state index in [9.17, 15) is 14.4 Å². The highest BCUT2D eigenvalue weighted by Crippen LogP contribution is 2.38. The van der Waals surface area contributed by atoms with Crippen LogP contribution in [0.3, 0.4) is 0 Å². The number of anilines is 3. The normalized spacial score (nSPS) is 16.9. The highest BCUT2D eigenvalue weighted by atomic mass is 16.7. The van der Waals surface area contributed by atoms with Crippen molar-refractivity contribution in [3.63, 3.8) is 0 Å². The molecule has 1 aliphatic carbocycles. The highest BCUT2D eigenvalue weighted by Gasteiger charge is 2.35. The number of azo groups is 1. The number of nitrogens with one attached hydrogen (secondary N) is 1. The number of nitrogens with zero attached hydrogens (tertiary/aromatic N) is 6. The number of imide groups is 1. The van der Waals surface area contributed by atoms with Crippen molar-refractivity contribution < 1.29 is 19.2 Å². The molecule has 0 spiro atoms. The van der Waals surface area contributed by atoms with Crippen LogP contribution in [0.5, 0.6) is 0 Å². The molecule has 3 aromatic carbocycles. The third kappa shape index (κ3) is 7.05. The highest BCUT2D eigenvalue weighted by molar-refractivity contribution is 6.10. The number of carbonyl (C=O) groups excluding carboxylic acids is 3. The zero-order chi connectivity index (χ0) is 33.6. The third-order valence-corrected chi connectivity index (χ3v) is 8.65. The summed E-state index contributed by atoms with van der Waals surface area (Å²) in [6.07, 6.45) is 6.96. The van der Waals surface area contributed by atoms with Gasteiger partial charge in [-0.15, -0.1) is 5.06 Å². The summed E-state index contributed by atoms with van der Waals surface area (Å²) in [4.78, 5) is 44.7. The minimum absolute atomic E-state index is 0.0159. The molecule has 246 valence electrons. The van der Waals surface area contributed by atoms with E-state index in [1.165, 1.54) is 5.69 Å². The van der Waals surface area contributed by atoms with E-state index < -0.39 is 17.8 Å². The molecule has 2 aliphatic heterocycles. The van der Waals surface area contributed by atoms with Crippen LogP contribution in [0.1, 0.15) is 39.5 Å². The fraction of sp³-hybridized carbons (Fsp3) is 0.297. The molecule has 11 nitrogen and oxygen atoms in total. The van der Waals surface area contributed by atoms with Crippen molar-refractivity contribution in [2.24, 2.45) is 10.2 Å². The molecule has 0 saturated carbocycles. The van der Waals surface area contributed by atoms with E-state index in [1.807, 2.05) is 48.4 Å². The average Bonchev–Trinajstić information content (AvgIpc) is 3.42. The number of allylic oxidation sites excluding steroid dienone is 1. The molecule has 1 saturated heterocycles. The number of benzene rings is 3. The summed E-state index contributed by atoms with van der Waals surface area (Å²) in [7, 11) is 1.93. The lowest BCUT2D eigenvalue weighted by Gasteiger charge is -2.27. The van der Waals surface area contributed by atoms with E-state index in [1.54, 1.807) is 0 Å². The van der Waals surface area contributed by atoms with Gasteiger partial charge in [-0.3, -0.25) is 9.59 Å². The molecule has 3 aliphatic rings. The van der Waals surface area contributed by atoms with Crippen LogP contribution in [0.4, 0.5) is 34.1 Å². The van der Waals surface area contributed by atoms with Crippen LogP contribution in [0.15, 0.2) is 107 Å². The maximum absolute atomic E-state index is 12.1. The van der Waals surface area contributed by atoms with Crippen molar-refractivity contribution >= 4 is 57.6 Å². The minimum atomic E-state index is -0.595. The van der Waals surface area contributed by atoms with Crippen LogP contribution in [-0.2, 0) is 19.2 Å². The Hall–Kier alpha value is -5.58. The smallest absolute Gasteiger partial charge is 0.333 e. The van der Waals surface area contributed by atoms with Crippen LogP contribution in [0, 0.1) is 0 Å². The van der Waals surface area contributed by atoms with Crippen LogP contribution in [-0.4, -0.2) is 61.3 Å². The van der Waals surface area contributed by atoms with Gasteiger partial charge in [0.05, 0.1) is 11.4 Å². The van der Waals surface area contributed by atoms with E-state index in [-0.39, 0.29) is 25.3 Å². The van der Waals surface area contributed by atoms with E-state index in [0.717, 1.165) is 47.2 Å². The molecule has 1 atom stereocenters. The van der Waals surface area contributed by atoms with Crippen molar-refractivity contribution in [1.29, 1.82) is 0 Å². The monoisotopic (exact) mass is 646 g/mol. The second-order valence-corrected chi connectivity index (χ2v) is 11.8. The van der Waals surface area contributed by atoms with Gasteiger partial charge in [-0.05, 0) is 68.8 Å². The second kappa shape index (κ2) is 14.5. The molecule has 0 bridgehead atoms. The van der Waals surface area contributed by atoms with Crippen LogP contribution >= 0.6 is 0 Å². The lowest BCUT2D eigenvalue weighted by atomic mass is 9.99.